The lowest BCUT2D eigenvalue weighted by atomic mass is 10.1. The number of carbonyl (C=O) groups is 1. The Kier molecular flexibility index (Phi) is 6.57. The number of hydrogen-bond donors (Lipinski definition) is 0. The van der Waals surface area contributed by atoms with E-state index < -0.39 is 24.8 Å². The highest BCUT2D eigenvalue weighted by atomic mass is 19.4. The second-order valence-corrected chi connectivity index (χ2v) is 9.14. The molecule has 0 saturated carbocycles. The summed E-state index contributed by atoms with van der Waals surface area (Å²) in [5.41, 5.74) is 1.07. The minimum atomic E-state index is -4.29. The Hall–Kier alpha value is -2.26. The molecule has 174 valence electrons. The van der Waals surface area contributed by atoms with Crippen LogP contribution in [-0.2, 0) is 11.2 Å². The summed E-state index contributed by atoms with van der Waals surface area (Å²) in [7, 11) is 0. The van der Waals surface area contributed by atoms with Crippen LogP contribution in [0.25, 0.3) is 0 Å². The average Bonchev–Trinajstić information content (AvgIpc) is 2.89. The van der Waals surface area contributed by atoms with Crippen molar-refractivity contribution in [3.05, 3.63) is 11.3 Å². The van der Waals surface area contributed by atoms with E-state index in [0.29, 0.717) is 31.0 Å². The number of aromatic nitrogens is 2. The smallest absolute Gasteiger partial charge is 0.410 e. The molecule has 10 heteroatoms. The van der Waals surface area contributed by atoms with Crippen molar-refractivity contribution >= 4 is 11.9 Å². The van der Waals surface area contributed by atoms with Crippen molar-refractivity contribution in [3.63, 3.8) is 0 Å². The topological polar surface area (TPSA) is 67.8 Å². The summed E-state index contributed by atoms with van der Waals surface area (Å²) in [6, 6.07) is -0.0396. The summed E-state index contributed by atoms with van der Waals surface area (Å²) in [4.78, 5) is 25.3. The molecule has 0 spiro atoms. The van der Waals surface area contributed by atoms with Gasteiger partial charge in [0, 0.05) is 24.3 Å². The molecule has 2 bridgehead atoms. The van der Waals surface area contributed by atoms with E-state index in [4.69, 9.17) is 9.47 Å². The Morgan fingerprint density at radius 2 is 1.74 bits per heavy atom. The molecular formula is C21H31F3N4O3. The average molecular weight is 444 g/mol. The van der Waals surface area contributed by atoms with Crippen molar-refractivity contribution in [1.82, 2.24) is 14.9 Å². The maximum atomic E-state index is 12.7. The molecule has 0 radical (unpaired) electrons. The van der Waals surface area contributed by atoms with E-state index in [2.05, 4.69) is 14.9 Å². The second-order valence-electron chi connectivity index (χ2n) is 9.14. The van der Waals surface area contributed by atoms with Crippen molar-refractivity contribution in [1.29, 1.82) is 0 Å². The number of nitrogens with zero attached hydrogens (tertiary/aromatic N) is 4. The van der Waals surface area contributed by atoms with E-state index in [1.165, 1.54) is 0 Å². The first-order valence-electron chi connectivity index (χ1n) is 10.7. The van der Waals surface area contributed by atoms with Crippen LogP contribution in [0.2, 0.25) is 0 Å². The Balaban J connectivity index is 1.78. The first kappa shape index (κ1) is 23.4. The van der Waals surface area contributed by atoms with E-state index in [0.717, 1.165) is 18.4 Å². The van der Waals surface area contributed by atoms with Crippen LogP contribution in [0, 0.1) is 6.92 Å². The summed E-state index contributed by atoms with van der Waals surface area (Å²) in [6.07, 6.45) is -3.21. The third kappa shape index (κ3) is 5.71. The molecule has 2 atom stereocenters. The van der Waals surface area contributed by atoms with Gasteiger partial charge in [0.2, 0.25) is 0 Å². The third-order valence-electron chi connectivity index (χ3n) is 5.53. The molecule has 7 nitrogen and oxygen atoms in total. The SMILES string of the molecule is CCc1c(C)nc(OCCC(F)(F)F)nc1N1CC2CCC(C1)N2C(=O)OC(C)(C)C. The molecule has 1 aromatic rings. The van der Waals surface area contributed by atoms with E-state index in [-0.39, 0.29) is 24.2 Å². The lowest BCUT2D eigenvalue weighted by Gasteiger charge is -2.42. The van der Waals surface area contributed by atoms with Crippen molar-refractivity contribution in [2.75, 3.05) is 24.6 Å². The van der Waals surface area contributed by atoms with Crippen LogP contribution >= 0.6 is 0 Å². The number of piperazine rings is 1. The fourth-order valence-electron chi connectivity index (χ4n) is 4.24. The largest absolute Gasteiger partial charge is 0.463 e. The first-order valence-corrected chi connectivity index (χ1v) is 10.7. The summed E-state index contributed by atoms with van der Waals surface area (Å²) in [5.74, 6) is 0.678. The normalized spacial score (nSPS) is 21.4. The molecule has 0 aliphatic carbocycles. The highest BCUT2D eigenvalue weighted by Gasteiger charge is 2.45. The maximum absolute atomic E-state index is 12.7. The number of ether oxygens (including phenoxy) is 2. The van der Waals surface area contributed by atoms with Crippen LogP contribution in [0.1, 0.15) is 58.2 Å². The van der Waals surface area contributed by atoms with Gasteiger partial charge in [0.05, 0.1) is 18.5 Å². The monoisotopic (exact) mass is 444 g/mol. The van der Waals surface area contributed by atoms with Crippen LogP contribution in [0.5, 0.6) is 6.01 Å². The van der Waals surface area contributed by atoms with Gasteiger partial charge in [-0.15, -0.1) is 0 Å². The lowest BCUT2D eigenvalue weighted by molar-refractivity contribution is -0.139. The van der Waals surface area contributed by atoms with Gasteiger partial charge in [-0.3, -0.25) is 4.90 Å². The van der Waals surface area contributed by atoms with Crippen LogP contribution in [0.15, 0.2) is 0 Å². The summed E-state index contributed by atoms with van der Waals surface area (Å²) in [5, 5.41) is 0. The number of anilines is 1. The molecular weight excluding hydrogens is 413 g/mol. The van der Waals surface area contributed by atoms with Crippen molar-refractivity contribution in [3.8, 4) is 6.01 Å². The number of alkyl halides is 3. The zero-order valence-electron chi connectivity index (χ0n) is 18.8. The number of hydrogen-bond acceptors (Lipinski definition) is 6. The minimum absolute atomic E-state index is 0.00294. The zero-order chi connectivity index (χ0) is 23.0. The van der Waals surface area contributed by atoms with Crippen LogP contribution in [0.3, 0.4) is 0 Å². The van der Waals surface area contributed by atoms with Gasteiger partial charge in [-0.1, -0.05) is 6.92 Å². The summed E-state index contributed by atoms with van der Waals surface area (Å²) in [6.45, 7) is 9.99. The van der Waals surface area contributed by atoms with Gasteiger partial charge >= 0.3 is 18.3 Å². The second kappa shape index (κ2) is 8.70. The van der Waals surface area contributed by atoms with Crippen LogP contribution in [-0.4, -0.2) is 64.5 Å². The standard InChI is InChI=1S/C21H31F3N4O3/c1-6-16-13(2)25-18(30-10-9-21(22,23)24)26-17(16)27-11-14-7-8-15(12-27)28(14)19(29)31-20(3,4)5/h14-15H,6-12H2,1-5H3. The molecule has 2 unspecified atom stereocenters. The summed E-state index contributed by atoms with van der Waals surface area (Å²) < 4.78 is 48.2. The quantitative estimate of drug-likeness (QED) is 0.676. The van der Waals surface area contributed by atoms with E-state index >= 15 is 0 Å². The van der Waals surface area contributed by atoms with Gasteiger partial charge in [-0.05, 0) is 47.0 Å². The minimum Gasteiger partial charge on any atom is -0.463 e. The lowest BCUT2D eigenvalue weighted by Crippen LogP contribution is -2.57. The van der Waals surface area contributed by atoms with E-state index in [1.54, 1.807) is 0 Å². The number of halogens is 3. The highest BCUT2D eigenvalue weighted by Crippen LogP contribution is 2.35. The van der Waals surface area contributed by atoms with Crippen LogP contribution < -0.4 is 9.64 Å². The Labute approximate surface area is 180 Å². The zero-order valence-corrected chi connectivity index (χ0v) is 18.8. The fraction of sp³-hybridized carbons (Fsp3) is 0.762. The fourth-order valence-corrected chi connectivity index (χ4v) is 4.24. The number of rotatable bonds is 5. The van der Waals surface area contributed by atoms with Crippen molar-refractivity contribution in [2.24, 2.45) is 0 Å². The van der Waals surface area contributed by atoms with Gasteiger partial charge in [0.25, 0.3) is 0 Å². The van der Waals surface area contributed by atoms with Crippen LogP contribution in [0.4, 0.5) is 23.8 Å². The van der Waals surface area contributed by atoms with Crippen molar-refractivity contribution < 1.29 is 27.4 Å². The highest BCUT2D eigenvalue weighted by molar-refractivity contribution is 5.70. The van der Waals surface area contributed by atoms with E-state index in [1.807, 2.05) is 39.5 Å². The van der Waals surface area contributed by atoms with Gasteiger partial charge in [0.1, 0.15) is 18.0 Å². The number of carbonyl (C=O) groups excluding carboxylic acids is 1. The molecule has 0 N–H and O–H groups in total. The van der Waals surface area contributed by atoms with Gasteiger partial charge < -0.3 is 14.4 Å². The molecule has 1 amide bonds. The van der Waals surface area contributed by atoms with Gasteiger partial charge in [-0.2, -0.15) is 18.2 Å². The number of aryl methyl sites for hydroxylation is 1. The molecule has 3 rings (SSSR count). The Morgan fingerprint density at radius 3 is 2.26 bits per heavy atom. The molecule has 2 aliphatic heterocycles. The maximum Gasteiger partial charge on any atom is 0.410 e. The molecule has 31 heavy (non-hydrogen) atoms. The van der Waals surface area contributed by atoms with Crippen molar-refractivity contribution in [2.45, 2.75) is 84.2 Å². The Bertz CT molecular complexity index is 796. The van der Waals surface area contributed by atoms with Gasteiger partial charge in [0.15, 0.2) is 0 Å². The predicted molar refractivity (Wildman–Crippen MR) is 109 cm³/mol. The molecule has 3 heterocycles. The molecule has 2 fully saturated rings. The van der Waals surface area contributed by atoms with E-state index in [9.17, 15) is 18.0 Å². The number of fused-ring (bicyclic) bond motifs is 2. The predicted octanol–water partition coefficient (Wildman–Crippen LogP) is 4.27. The third-order valence-corrected chi connectivity index (χ3v) is 5.53. The van der Waals surface area contributed by atoms with Gasteiger partial charge in [-0.25, -0.2) is 9.78 Å². The number of amides is 1. The molecule has 2 saturated heterocycles. The molecule has 0 aromatic carbocycles. The summed E-state index contributed by atoms with van der Waals surface area (Å²) >= 11 is 0. The Morgan fingerprint density at radius 1 is 1.13 bits per heavy atom. The molecule has 2 aliphatic rings. The first-order chi connectivity index (χ1) is 14.4. The molecule has 1 aromatic heterocycles.